The average molecular weight is 370 g/mol. The molecule has 1 aromatic carbocycles. The highest BCUT2D eigenvalue weighted by Crippen LogP contribution is 2.29. The number of benzene rings is 1. The Morgan fingerprint density at radius 3 is 2.77 bits per heavy atom. The van der Waals surface area contributed by atoms with E-state index in [2.05, 4.69) is 15.3 Å². The third kappa shape index (κ3) is 3.67. The summed E-state index contributed by atoms with van der Waals surface area (Å²) in [5, 5.41) is 15.9. The summed E-state index contributed by atoms with van der Waals surface area (Å²) in [7, 11) is 1.49. The fourth-order valence-corrected chi connectivity index (χ4v) is 2.95. The number of thiazole rings is 1. The summed E-state index contributed by atoms with van der Waals surface area (Å²) in [4.78, 5) is 31.2. The van der Waals surface area contributed by atoms with Gasteiger partial charge in [0.2, 0.25) is 5.88 Å². The first kappa shape index (κ1) is 17.5. The number of hydrogen-bond donors (Lipinski definition) is 1. The Bertz CT molecular complexity index is 969. The predicted octanol–water partition coefficient (Wildman–Crippen LogP) is 3.68. The number of hydrogen-bond acceptors (Lipinski definition) is 7. The van der Waals surface area contributed by atoms with Crippen LogP contribution in [-0.4, -0.2) is 27.9 Å². The second-order valence-corrected chi connectivity index (χ2v) is 6.20. The maximum absolute atomic E-state index is 12.2. The van der Waals surface area contributed by atoms with Gasteiger partial charge in [-0.05, 0) is 13.0 Å². The van der Waals surface area contributed by atoms with E-state index in [1.165, 1.54) is 30.7 Å². The molecule has 0 aliphatic carbocycles. The van der Waals surface area contributed by atoms with Gasteiger partial charge in [-0.25, -0.2) is 9.97 Å². The molecule has 0 atom stereocenters. The van der Waals surface area contributed by atoms with Crippen molar-refractivity contribution in [1.82, 2.24) is 9.97 Å². The number of carbonyl (C=O) groups is 1. The zero-order valence-electron chi connectivity index (χ0n) is 13.9. The number of pyridine rings is 1. The van der Waals surface area contributed by atoms with Gasteiger partial charge in [0, 0.05) is 34.8 Å². The molecule has 0 spiro atoms. The Morgan fingerprint density at radius 1 is 1.31 bits per heavy atom. The van der Waals surface area contributed by atoms with Crippen molar-refractivity contribution in [3.05, 3.63) is 63.1 Å². The Labute approximate surface area is 152 Å². The number of aryl methyl sites for hydroxylation is 1. The number of ether oxygens (including phenoxy) is 1. The van der Waals surface area contributed by atoms with Crippen LogP contribution >= 0.6 is 11.3 Å². The molecule has 2 heterocycles. The van der Waals surface area contributed by atoms with Crippen LogP contribution in [0.2, 0.25) is 0 Å². The summed E-state index contributed by atoms with van der Waals surface area (Å²) < 4.78 is 4.95. The van der Waals surface area contributed by atoms with Crippen molar-refractivity contribution in [3.8, 4) is 17.1 Å². The Kier molecular flexibility index (Phi) is 4.90. The Morgan fingerprint density at radius 2 is 2.12 bits per heavy atom. The van der Waals surface area contributed by atoms with E-state index in [4.69, 9.17) is 4.74 Å². The number of nitrogens with one attached hydrogen (secondary N) is 1. The number of anilines is 1. The largest absolute Gasteiger partial charge is 0.481 e. The van der Waals surface area contributed by atoms with Gasteiger partial charge in [0.25, 0.3) is 11.6 Å². The van der Waals surface area contributed by atoms with Gasteiger partial charge in [0.15, 0.2) is 5.13 Å². The number of rotatable bonds is 5. The average Bonchev–Trinajstić information content (AvgIpc) is 3.10. The van der Waals surface area contributed by atoms with Crippen molar-refractivity contribution >= 4 is 28.1 Å². The number of carbonyl (C=O) groups excluding carboxylic acids is 1. The summed E-state index contributed by atoms with van der Waals surface area (Å²) >= 11 is 1.24. The van der Waals surface area contributed by atoms with E-state index in [-0.39, 0.29) is 11.6 Å². The monoisotopic (exact) mass is 370 g/mol. The molecule has 2 aromatic heterocycles. The molecule has 9 heteroatoms. The standard InChI is InChI=1S/C17H14N4O4S/c1-10-3-4-11(7-14(10)21(23)24)13-9-26-17(19-13)20-16(22)12-5-6-15(25-2)18-8-12/h3-9H,1-2H3,(H,19,20,22). The summed E-state index contributed by atoms with van der Waals surface area (Å²) in [6.07, 6.45) is 1.41. The molecule has 0 fully saturated rings. The molecule has 26 heavy (non-hydrogen) atoms. The second kappa shape index (κ2) is 7.28. The van der Waals surface area contributed by atoms with Crippen molar-refractivity contribution in [2.75, 3.05) is 12.4 Å². The Hall–Kier alpha value is -3.33. The van der Waals surface area contributed by atoms with E-state index < -0.39 is 4.92 Å². The molecule has 8 nitrogen and oxygen atoms in total. The Balaban J connectivity index is 1.78. The lowest BCUT2D eigenvalue weighted by atomic mass is 10.1. The quantitative estimate of drug-likeness (QED) is 0.542. The number of nitro benzene ring substituents is 1. The van der Waals surface area contributed by atoms with Crippen LogP contribution in [0.1, 0.15) is 15.9 Å². The van der Waals surface area contributed by atoms with Crippen LogP contribution in [0.4, 0.5) is 10.8 Å². The van der Waals surface area contributed by atoms with Crippen molar-refractivity contribution in [2.45, 2.75) is 6.92 Å². The lowest BCUT2D eigenvalue weighted by Crippen LogP contribution is -2.12. The number of nitrogens with zero attached hydrogens (tertiary/aromatic N) is 3. The van der Waals surface area contributed by atoms with E-state index in [1.807, 2.05) is 0 Å². The smallest absolute Gasteiger partial charge is 0.272 e. The molecule has 0 unspecified atom stereocenters. The van der Waals surface area contributed by atoms with Crippen LogP contribution in [0.25, 0.3) is 11.3 Å². The van der Waals surface area contributed by atoms with Crippen LogP contribution in [0.5, 0.6) is 5.88 Å². The molecule has 0 bridgehead atoms. The SMILES string of the molecule is COc1ccc(C(=O)Nc2nc(-c3ccc(C)c([N+](=O)[O-])c3)cs2)cn1. The van der Waals surface area contributed by atoms with Crippen LogP contribution in [0.3, 0.4) is 0 Å². The molecular formula is C17H14N4O4S. The van der Waals surface area contributed by atoms with Crippen molar-refractivity contribution in [1.29, 1.82) is 0 Å². The minimum Gasteiger partial charge on any atom is -0.481 e. The number of methoxy groups -OCH3 is 1. The molecule has 0 radical (unpaired) electrons. The minimum absolute atomic E-state index is 0.0328. The van der Waals surface area contributed by atoms with E-state index in [0.29, 0.717) is 33.4 Å². The highest BCUT2D eigenvalue weighted by Gasteiger charge is 2.15. The van der Waals surface area contributed by atoms with Crippen LogP contribution in [0.15, 0.2) is 41.9 Å². The third-order valence-electron chi connectivity index (χ3n) is 3.63. The van der Waals surface area contributed by atoms with Gasteiger partial charge in [-0.1, -0.05) is 12.1 Å². The molecule has 0 saturated heterocycles. The highest BCUT2D eigenvalue weighted by atomic mass is 32.1. The van der Waals surface area contributed by atoms with Crippen molar-refractivity contribution < 1.29 is 14.5 Å². The number of amides is 1. The molecule has 0 aliphatic rings. The van der Waals surface area contributed by atoms with E-state index in [9.17, 15) is 14.9 Å². The molecule has 132 valence electrons. The molecule has 3 aromatic rings. The fourth-order valence-electron chi connectivity index (χ4n) is 2.23. The lowest BCUT2D eigenvalue weighted by Gasteiger charge is -2.03. The molecule has 1 amide bonds. The minimum atomic E-state index is -0.426. The van der Waals surface area contributed by atoms with Crippen molar-refractivity contribution in [2.24, 2.45) is 0 Å². The van der Waals surface area contributed by atoms with Gasteiger partial charge < -0.3 is 4.74 Å². The van der Waals surface area contributed by atoms with Gasteiger partial charge in [-0.3, -0.25) is 20.2 Å². The molecule has 0 saturated carbocycles. The van der Waals surface area contributed by atoms with Crippen molar-refractivity contribution in [3.63, 3.8) is 0 Å². The topological polar surface area (TPSA) is 107 Å². The van der Waals surface area contributed by atoms with Gasteiger partial charge in [0.05, 0.1) is 23.3 Å². The fraction of sp³-hybridized carbons (Fsp3) is 0.118. The lowest BCUT2D eigenvalue weighted by molar-refractivity contribution is -0.385. The van der Waals surface area contributed by atoms with Crippen LogP contribution < -0.4 is 10.1 Å². The van der Waals surface area contributed by atoms with Gasteiger partial charge in [-0.15, -0.1) is 11.3 Å². The van der Waals surface area contributed by atoms with E-state index >= 15 is 0 Å². The zero-order valence-corrected chi connectivity index (χ0v) is 14.7. The summed E-state index contributed by atoms with van der Waals surface area (Å²) in [5.41, 5.74) is 2.15. The first-order valence-electron chi connectivity index (χ1n) is 7.50. The highest BCUT2D eigenvalue weighted by molar-refractivity contribution is 7.14. The maximum atomic E-state index is 12.2. The zero-order chi connectivity index (χ0) is 18.7. The van der Waals surface area contributed by atoms with Gasteiger partial charge in [-0.2, -0.15) is 0 Å². The van der Waals surface area contributed by atoms with Crippen LogP contribution in [-0.2, 0) is 0 Å². The molecule has 1 N–H and O–H groups in total. The predicted molar refractivity (Wildman–Crippen MR) is 97.7 cm³/mol. The molecule has 0 aliphatic heterocycles. The van der Waals surface area contributed by atoms with Gasteiger partial charge >= 0.3 is 0 Å². The van der Waals surface area contributed by atoms with E-state index in [1.54, 1.807) is 36.6 Å². The van der Waals surface area contributed by atoms with E-state index in [0.717, 1.165) is 0 Å². The summed E-state index contributed by atoms with van der Waals surface area (Å²) in [5.74, 6) is 0.0648. The first-order chi connectivity index (χ1) is 12.5. The van der Waals surface area contributed by atoms with Gasteiger partial charge in [0.1, 0.15) is 0 Å². The molecular weight excluding hydrogens is 356 g/mol. The maximum Gasteiger partial charge on any atom is 0.272 e. The number of nitro groups is 1. The third-order valence-corrected chi connectivity index (χ3v) is 4.39. The van der Waals surface area contributed by atoms with Crippen LogP contribution in [0, 0.1) is 17.0 Å². The molecule has 3 rings (SSSR count). The first-order valence-corrected chi connectivity index (χ1v) is 8.38. The number of aromatic nitrogens is 2. The summed E-state index contributed by atoms with van der Waals surface area (Å²) in [6, 6.07) is 8.10. The summed E-state index contributed by atoms with van der Waals surface area (Å²) in [6.45, 7) is 1.68. The normalized spacial score (nSPS) is 10.4. The second-order valence-electron chi connectivity index (χ2n) is 5.34.